The largest absolute Gasteiger partial charge is 0.454 e. The van der Waals surface area contributed by atoms with Gasteiger partial charge in [0.15, 0.2) is 11.5 Å². The van der Waals surface area contributed by atoms with Gasteiger partial charge < -0.3 is 19.1 Å². The normalized spacial score (nSPS) is 15.0. The number of pyridine rings is 1. The monoisotopic (exact) mass is 504 g/mol. The van der Waals surface area contributed by atoms with Crippen LogP contribution in [0.3, 0.4) is 0 Å². The highest BCUT2D eigenvalue weighted by atomic mass is 16.7. The number of carbonyl (C=O) groups is 1. The van der Waals surface area contributed by atoms with Gasteiger partial charge in [0.2, 0.25) is 18.6 Å². The quantitative estimate of drug-likeness (QED) is 0.333. The number of nitro groups is 1. The smallest absolute Gasteiger partial charge is 0.290 e. The van der Waals surface area contributed by atoms with Crippen LogP contribution in [0.5, 0.6) is 23.1 Å². The number of nitrogens with zero attached hydrogens (tertiary/aromatic N) is 4. The first-order valence-corrected chi connectivity index (χ1v) is 12.2. The molecule has 5 rings (SSSR count). The Bertz CT molecular complexity index is 1290. The molecule has 0 bridgehead atoms. The van der Waals surface area contributed by atoms with E-state index in [4.69, 9.17) is 14.2 Å². The van der Waals surface area contributed by atoms with Crippen molar-refractivity contribution in [3.8, 4) is 23.1 Å². The zero-order valence-corrected chi connectivity index (χ0v) is 20.6. The van der Waals surface area contributed by atoms with Gasteiger partial charge in [0, 0.05) is 50.8 Å². The molecule has 1 fully saturated rings. The van der Waals surface area contributed by atoms with Gasteiger partial charge in [0.1, 0.15) is 11.9 Å². The Hall–Kier alpha value is -4.18. The average Bonchev–Trinajstić information content (AvgIpc) is 3.36. The summed E-state index contributed by atoms with van der Waals surface area (Å²) in [5.41, 5.74) is 2.66. The Morgan fingerprint density at radius 2 is 1.76 bits per heavy atom. The van der Waals surface area contributed by atoms with Crippen molar-refractivity contribution >= 4 is 11.6 Å². The number of hydrogen-bond acceptors (Lipinski definition) is 8. The van der Waals surface area contributed by atoms with Crippen molar-refractivity contribution in [2.75, 3.05) is 33.0 Å². The fourth-order valence-corrected chi connectivity index (χ4v) is 4.48. The van der Waals surface area contributed by atoms with E-state index >= 15 is 0 Å². The average molecular weight is 505 g/mol. The third-order valence-electron chi connectivity index (χ3n) is 6.60. The number of piperazine rings is 1. The summed E-state index contributed by atoms with van der Waals surface area (Å²) in [6.07, 6.45) is 2.29. The number of benzene rings is 2. The van der Waals surface area contributed by atoms with E-state index in [2.05, 4.69) is 16.0 Å². The number of rotatable bonds is 8. The molecule has 2 aliphatic rings. The molecule has 3 heterocycles. The molecule has 0 unspecified atom stereocenters. The van der Waals surface area contributed by atoms with Crippen LogP contribution in [0.2, 0.25) is 0 Å². The van der Waals surface area contributed by atoms with Gasteiger partial charge in [0.05, 0.1) is 4.92 Å². The minimum Gasteiger partial charge on any atom is -0.454 e. The lowest BCUT2D eigenvalue weighted by Gasteiger charge is -2.34. The second kappa shape index (κ2) is 10.8. The third kappa shape index (κ3) is 5.97. The molecule has 10 nitrogen and oxygen atoms in total. The van der Waals surface area contributed by atoms with Gasteiger partial charge in [-0.15, -0.1) is 0 Å². The summed E-state index contributed by atoms with van der Waals surface area (Å²) in [4.78, 5) is 31.5. The molecule has 1 amide bonds. The van der Waals surface area contributed by atoms with E-state index in [9.17, 15) is 14.9 Å². The Balaban J connectivity index is 1.06. The molecule has 0 radical (unpaired) electrons. The van der Waals surface area contributed by atoms with E-state index in [0.717, 1.165) is 49.8 Å². The van der Waals surface area contributed by atoms with Crippen LogP contribution < -0.4 is 14.2 Å². The molecule has 0 saturated carbocycles. The van der Waals surface area contributed by atoms with Crippen LogP contribution in [-0.4, -0.2) is 58.6 Å². The number of amides is 1. The molecule has 2 aliphatic heterocycles. The maximum absolute atomic E-state index is 12.8. The van der Waals surface area contributed by atoms with Gasteiger partial charge in [-0.25, -0.2) is 4.98 Å². The fraction of sp³-hybridized carbons (Fsp3) is 0.333. The van der Waals surface area contributed by atoms with E-state index in [-0.39, 0.29) is 18.4 Å². The predicted octanol–water partition coefficient (Wildman–Crippen LogP) is 4.10. The maximum Gasteiger partial charge on any atom is 0.290 e. The summed E-state index contributed by atoms with van der Waals surface area (Å²) in [6, 6.07) is 15.0. The third-order valence-corrected chi connectivity index (χ3v) is 6.60. The Morgan fingerprint density at radius 3 is 2.49 bits per heavy atom. The first-order chi connectivity index (χ1) is 17.9. The minimum atomic E-state index is -0.469. The number of aromatic nitrogens is 1. The number of aryl methyl sites for hydroxylation is 2. The number of ether oxygens (including phenoxy) is 3. The molecule has 0 atom stereocenters. The van der Waals surface area contributed by atoms with Gasteiger partial charge in [-0.05, 0) is 48.7 Å². The maximum atomic E-state index is 12.8. The van der Waals surface area contributed by atoms with Crippen molar-refractivity contribution < 1.29 is 23.9 Å². The summed E-state index contributed by atoms with van der Waals surface area (Å²) >= 11 is 0. The second-order valence-corrected chi connectivity index (χ2v) is 9.16. The molecule has 1 saturated heterocycles. The standard InChI is InChI=1S/C27H28N4O6/c1-19-14-26(28-16-23(19)31(33)34)37-22-6-2-20(3-7-22)5-9-27(32)30-12-10-29(11-13-30)17-21-4-8-24-25(15-21)36-18-35-24/h2-4,6-8,14-16H,5,9-13,17-18H2,1H3. The molecule has 3 aromatic rings. The summed E-state index contributed by atoms with van der Waals surface area (Å²) in [6.45, 7) is 5.85. The molecular formula is C27H28N4O6. The lowest BCUT2D eigenvalue weighted by Crippen LogP contribution is -2.48. The highest BCUT2D eigenvalue weighted by Gasteiger charge is 2.22. The molecule has 37 heavy (non-hydrogen) atoms. The molecule has 0 aliphatic carbocycles. The highest BCUT2D eigenvalue weighted by Crippen LogP contribution is 2.33. The van der Waals surface area contributed by atoms with E-state index in [1.807, 2.05) is 41.3 Å². The number of fused-ring (bicyclic) bond motifs is 1. The van der Waals surface area contributed by atoms with Gasteiger partial charge in [-0.1, -0.05) is 18.2 Å². The van der Waals surface area contributed by atoms with E-state index in [1.54, 1.807) is 13.0 Å². The van der Waals surface area contributed by atoms with Crippen molar-refractivity contribution in [3.63, 3.8) is 0 Å². The summed E-state index contributed by atoms with van der Waals surface area (Å²) in [5.74, 6) is 2.62. The van der Waals surface area contributed by atoms with Crippen LogP contribution >= 0.6 is 0 Å². The fourth-order valence-electron chi connectivity index (χ4n) is 4.48. The van der Waals surface area contributed by atoms with Crippen LogP contribution in [0.25, 0.3) is 0 Å². The van der Waals surface area contributed by atoms with Crippen LogP contribution in [0.15, 0.2) is 54.7 Å². The predicted molar refractivity (Wildman–Crippen MR) is 135 cm³/mol. The Morgan fingerprint density at radius 1 is 1.03 bits per heavy atom. The molecule has 0 spiro atoms. The minimum absolute atomic E-state index is 0.0431. The summed E-state index contributed by atoms with van der Waals surface area (Å²) < 4.78 is 16.6. The zero-order chi connectivity index (χ0) is 25.8. The first-order valence-electron chi connectivity index (χ1n) is 12.2. The van der Waals surface area contributed by atoms with E-state index < -0.39 is 4.92 Å². The topological polar surface area (TPSA) is 107 Å². The molecule has 1 aromatic heterocycles. The SMILES string of the molecule is Cc1cc(Oc2ccc(CCC(=O)N3CCN(Cc4ccc5c(c4)OCO5)CC3)cc2)ncc1[N+](=O)[O-]. The number of carbonyl (C=O) groups excluding carboxylic acids is 1. The Kier molecular flexibility index (Phi) is 7.18. The molecule has 0 N–H and O–H groups in total. The van der Waals surface area contributed by atoms with Crippen molar-refractivity contribution in [2.24, 2.45) is 0 Å². The molecular weight excluding hydrogens is 476 g/mol. The van der Waals surface area contributed by atoms with Crippen LogP contribution in [0, 0.1) is 17.0 Å². The van der Waals surface area contributed by atoms with Gasteiger partial charge in [-0.2, -0.15) is 0 Å². The lowest BCUT2D eigenvalue weighted by molar-refractivity contribution is -0.385. The van der Waals surface area contributed by atoms with Crippen molar-refractivity contribution in [1.82, 2.24) is 14.8 Å². The Labute approximate surface area is 214 Å². The van der Waals surface area contributed by atoms with Gasteiger partial charge in [0.25, 0.3) is 5.69 Å². The zero-order valence-electron chi connectivity index (χ0n) is 20.6. The first kappa shape index (κ1) is 24.5. The van der Waals surface area contributed by atoms with Crippen LogP contribution in [-0.2, 0) is 17.8 Å². The molecule has 10 heteroatoms. The highest BCUT2D eigenvalue weighted by molar-refractivity contribution is 5.76. The van der Waals surface area contributed by atoms with Crippen molar-refractivity contribution in [2.45, 2.75) is 26.3 Å². The summed E-state index contributed by atoms with van der Waals surface area (Å²) in [5, 5.41) is 10.9. The van der Waals surface area contributed by atoms with Gasteiger partial charge in [-0.3, -0.25) is 19.8 Å². The molecule has 2 aromatic carbocycles. The second-order valence-electron chi connectivity index (χ2n) is 9.16. The molecule has 192 valence electrons. The van der Waals surface area contributed by atoms with Crippen molar-refractivity contribution in [1.29, 1.82) is 0 Å². The number of hydrogen-bond donors (Lipinski definition) is 0. The van der Waals surface area contributed by atoms with E-state index in [1.165, 1.54) is 11.8 Å². The van der Waals surface area contributed by atoms with Crippen molar-refractivity contribution in [3.05, 3.63) is 81.5 Å². The van der Waals surface area contributed by atoms with E-state index in [0.29, 0.717) is 30.0 Å². The van der Waals surface area contributed by atoms with Crippen LogP contribution in [0.1, 0.15) is 23.1 Å². The summed E-state index contributed by atoms with van der Waals surface area (Å²) in [7, 11) is 0. The van der Waals surface area contributed by atoms with Crippen LogP contribution in [0.4, 0.5) is 5.69 Å². The lowest BCUT2D eigenvalue weighted by atomic mass is 10.1. The van der Waals surface area contributed by atoms with Gasteiger partial charge >= 0.3 is 0 Å².